The summed E-state index contributed by atoms with van der Waals surface area (Å²) in [6.07, 6.45) is 13.9. The Bertz CT molecular complexity index is 1670. The van der Waals surface area contributed by atoms with Crippen molar-refractivity contribution in [3.63, 3.8) is 0 Å². The van der Waals surface area contributed by atoms with Gasteiger partial charge in [0.2, 0.25) is 0 Å². The summed E-state index contributed by atoms with van der Waals surface area (Å²) in [5.74, 6) is 8.91. The highest BCUT2D eigenvalue weighted by atomic mass is 16.5. The van der Waals surface area contributed by atoms with E-state index in [9.17, 15) is 10.2 Å². The van der Waals surface area contributed by atoms with Gasteiger partial charge in [-0.25, -0.2) is 0 Å². The molecule has 0 saturated heterocycles. The lowest BCUT2D eigenvalue weighted by molar-refractivity contribution is 0.00805. The number of nitrogens with zero attached hydrogens (tertiary/aromatic N) is 1. The summed E-state index contributed by atoms with van der Waals surface area (Å²) in [6.45, 7) is 2.98. The molecule has 7 heteroatoms. The van der Waals surface area contributed by atoms with Crippen LogP contribution in [0.15, 0.2) is 66.0 Å². The second-order valence-electron chi connectivity index (χ2n) is 13.2. The van der Waals surface area contributed by atoms with Gasteiger partial charge < -0.3 is 35.3 Å². The van der Waals surface area contributed by atoms with Crippen molar-refractivity contribution in [3.8, 4) is 23.3 Å². The first kappa shape index (κ1) is 29.0. The van der Waals surface area contributed by atoms with E-state index in [1.165, 1.54) is 25.7 Å². The van der Waals surface area contributed by atoms with E-state index in [4.69, 9.17) is 15.2 Å². The van der Waals surface area contributed by atoms with Gasteiger partial charge in [-0.2, -0.15) is 0 Å². The van der Waals surface area contributed by atoms with Gasteiger partial charge in [0.1, 0.15) is 12.4 Å². The molecule has 1 spiro atoms. The molecule has 44 heavy (non-hydrogen) atoms. The molecule has 1 fully saturated rings. The van der Waals surface area contributed by atoms with Crippen molar-refractivity contribution in [2.24, 2.45) is 17.1 Å². The number of nitrogens with one attached hydrogen (secondary N) is 1. The van der Waals surface area contributed by atoms with Crippen LogP contribution < -0.4 is 15.8 Å². The molecule has 3 aliphatic heterocycles. The minimum atomic E-state index is -0.513. The molecular weight excluding hydrogens is 550 g/mol. The molecule has 0 radical (unpaired) electrons. The van der Waals surface area contributed by atoms with Gasteiger partial charge in [-0.15, -0.1) is 0 Å². The van der Waals surface area contributed by atoms with E-state index in [1.54, 1.807) is 6.07 Å². The topological polar surface area (TPSA) is 102 Å². The molecule has 230 valence electrons. The maximum Gasteiger partial charge on any atom is 0.161 e. The van der Waals surface area contributed by atoms with Crippen LogP contribution in [0.1, 0.15) is 69.4 Å². The summed E-state index contributed by atoms with van der Waals surface area (Å²) in [4.78, 5) is 0. The maximum absolute atomic E-state index is 11.3. The lowest BCUT2D eigenvalue weighted by Crippen LogP contribution is -2.40. The van der Waals surface area contributed by atoms with Crippen LogP contribution in [-0.4, -0.2) is 39.8 Å². The third kappa shape index (κ3) is 5.75. The quantitative estimate of drug-likeness (QED) is 0.239. The molecule has 0 amide bonds. The van der Waals surface area contributed by atoms with Crippen molar-refractivity contribution in [3.05, 3.63) is 77.1 Å². The first-order valence-electron chi connectivity index (χ1n) is 16.2. The number of rotatable bonds is 0. The number of aliphatic hydroxyl groups excluding tert-OH is 1. The molecule has 6 bridgehead atoms. The van der Waals surface area contributed by atoms with Gasteiger partial charge in [-0.3, -0.25) is 0 Å². The minimum Gasteiger partial charge on any atom is -0.504 e. The van der Waals surface area contributed by atoms with Crippen LogP contribution in [0.5, 0.6) is 11.5 Å². The fraction of sp³-hybridized carbons (Fsp3) is 0.459. The highest BCUT2D eigenvalue weighted by Gasteiger charge is 2.39. The van der Waals surface area contributed by atoms with Crippen LogP contribution in [0.2, 0.25) is 0 Å². The molecule has 1 aromatic heterocycles. The van der Waals surface area contributed by atoms with Crippen LogP contribution in [0, 0.1) is 23.2 Å². The fourth-order valence-electron chi connectivity index (χ4n) is 7.65. The molecule has 1 saturated carbocycles. The molecule has 3 aromatic rings. The predicted octanol–water partition coefficient (Wildman–Crippen LogP) is 5.99. The highest BCUT2D eigenvalue weighted by molar-refractivity contribution is 5.87. The van der Waals surface area contributed by atoms with Crippen LogP contribution in [0.25, 0.3) is 16.6 Å². The lowest BCUT2D eigenvalue weighted by atomic mass is 9.71. The van der Waals surface area contributed by atoms with Crippen molar-refractivity contribution >= 4 is 16.6 Å². The highest BCUT2D eigenvalue weighted by Crippen LogP contribution is 2.48. The van der Waals surface area contributed by atoms with Gasteiger partial charge in [0.05, 0.1) is 25.0 Å². The number of aryl methyl sites for hydroxylation is 1. The zero-order valence-electron chi connectivity index (χ0n) is 25.5. The Labute approximate surface area is 259 Å². The number of aliphatic hydroxyl groups is 1. The number of hydrogen-bond acceptors (Lipinski definition) is 6. The number of aromatic nitrogens is 1. The van der Waals surface area contributed by atoms with Gasteiger partial charge in [0, 0.05) is 40.2 Å². The Morgan fingerprint density at radius 2 is 1.93 bits per heavy atom. The van der Waals surface area contributed by atoms with Crippen LogP contribution >= 0.6 is 0 Å². The van der Waals surface area contributed by atoms with Crippen molar-refractivity contribution < 1.29 is 19.7 Å². The molecule has 7 nitrogen and oxygen atoms in total. The normalized spacial score (nSPS) is 27.0. The van der Waals surface area contributed by atoms with Crippen molar-refractivity contribution in [2.75, 3.05) is 6.61 Å². The predicted molar refractivity (Wildman–Crippen MR) is 173 cm³/mol. The number of hydrogen-bond donors (Lipinski definition) is 4. The number of phenolic OH excluding ortho intramolecular Hbond substituents is 1. The summed E-state index contributed by atoms with van der Waals surface area (Å²) in [6, 6.07) is 11.7. The van der Waals surface area contributed by atoms with E-state index in [1.807, 2.05) is 24.3 Å². The number of phenols is 1. The molecular formula is C37H43N3O4. The number of ether oxygens (including phenoxy) is 2. The fourth-order valence-corrected chi connectivity index (χ4v) is 7.65. The number of fused-ring (bicyclic) bond motifs is 6. The number of dihydropyridines is 1. The minimum absolute atomic E-state index is 0.0914. The Hall–Kier alpha value is -3.70. The Morgan fingerprint density at radius 1 is 1.07 bits per heavy atom. The van der Waals surface area contributed by atoms with Gasteiger partial charge in [0.25, 0.3) is 0 Å². The summed E-state index contributed by atoms with van der Waals surface area (Å²) >= 11 is 0. The molecule has 7 rings (SSSR count). The second-order valence-corrected chi connectivity index (χ2v) is 13.2. The van der Waals surface area contributed by atoms with E-state index in [0.717, 1.165) is 51.7 Å². The third-order valence-electron chi connectivity index (χ3n) is 10.4. The van der Waals surface area contributed by atoms with Crippen molar-refractivity contribution in [1.82, 2.24) is 9.88 Å². The number of nitrogens with two attached hydrogens (primary N) is 1. The summed E-state index contributed by atoms with van der Waals surface area (Å²) < 4.78 is 15.0. The summed E-state index contributed by atoms with van der Waals surface area (Å²) in [5, 5.41) is 27.5. The standard InChI is InChI=1S/C37H43N3O4/c1-24-7-10-26-18-35(38)39-36-32(26)23-43-30(13-16-37(24)14-2-3-15-37)19-29(41)11-8-25-9-12-33(42)34(17-25)44-22-28-6-4-5-27-20-40(36)21-31(27)28/h4-6,9,12,17-18,20-21,24,29-30,35,39,41-42H,2-3,8,11,13-16,19,22-23,38H2,1H3. The molecule has 4 heterocycles. The smallest absolute Gasteiger partial charge is 0.161 e. The van der Waals surface area contributed by atoms with Crippen LogP contribution in [-0.2, 0) is 17.8 Å². The largest absolute Gasteiger partial charge is 0.504 e. The number of aromatic hydroxyl groups is 1. The molecule has 4 aliphatic rings. The molecule has 4 unspecified atom stereocenters. The summed E-state index contributed by atoms with van der Waals surface area (Å²) in [5.41, 5.74) is 10.7. The van der Waals surface area contributed by atoms with E-state index >= 15 is 0 Å². The van der Waals surface area contributed by atoms with Crippen molar-refractivity contribution in [2.45, 2.75) is 89.7 Å². The Balaban J connectivity index is 1.36. The van der Waals surface area contributed by atoms with E-state index in [2.05, 4.69) is 53.2 Å². The first-order chi connectivity index (χ1) is 21.4. The summed E-state index contributed by atoms with van der Waals surface area (Å²) in [7, 11) is 0. The molecule has 4 atom stereocenters. The maximum atomic E-state index is 11.3. The molecule has 2 aromatic carbocycles. The monoisotopic (exact) mass is 593 g/mol. The van der Waals surface area contributed by atoms with Crippen LogP contribution in [0.4, 0.5) is 0 Å². The zero-order valence-corrected chi connectivity index (χ0v) is 25.5. The molecule has 5 N–H and O–H groups in total. The third-order valence-corrected chi connectivity index (χ3v) is 10.4. The molecule has 1 aliphatic carbocycles. The SMILES string of the molecule is CC1C#CC2=CC(N)NC3=C2COC(CCC12CCCC2)CC(O)CCc1ccc(O)c(c1)OCc1cccc2cn3cc12. The average molecular weight is 594 g/mol. The Kier molecular flexibility index (Phi) is 7.92. The van der Waals surface area contributed by atoms with Crippen LogP contribution in [0.3, 0.4) is 0 Å². The van der Waals surface area contributed by atoms with Gasteiger partial charge in [-0.05, 0) is 79.7 Å². The lowest BCUT2D eigenvalue weighted by Gasteiger charge is -2.34. The van der Waals surface area contributed by atoms with E-state index < -0.39 is 12.3 Å². The van der Waals surface area contributed by atoms with Gasteiger partial charge in [-0.1, -0.05) is 55.9 Å². The van der Waals surface area contributed by atoms with E-state index in [0.29, 0.717) is 38.2 Å². The van der Waals surface area contributed by atoms with Gasteiger partial charge >= 0.3 is 0 Å². The van der Waals surface area contributed by atoms with Crippen molar-refractivity contribution in [1.29, 1.82) is 0 Å². The average Bonchev–Trinajstić information content (AvgIpc) is 3.68. The second kappa shape index (κ2) is 12.0. The van der Waals surface area contributed by atoms with E-state index in [-0.39, 0.29) is 23.2 Å². The first-order valence-corrected chi connectivity index (χ1v) is 16.2. The number of benzene rings is 2. The zero-order chi connectivity index (χ0) is 30.3. The Morgan fingerprint density at radius 3 is 2.80 bits per heavy atom. The van der Waals surface area contributed by atoms with Gasteiger partial charge in [0.15, 0.2) is 11.5 Å².